The van der Waals surface area contributed by atoms with Gasteiger partial charge in [0.1, 0.15) is 6.10 Å². The third-order valence-corrected chi connectivity index (χ3v) is 9.97. The number of allylic oxidation sites excluding steroid dienone is 16. The van der Waals surface area contributed by atoms with E-state index in [9.17, 15) is 19.8 Å². The smallest absolute Gasteiger partial charge is 0.306 e. The molecule has 58 heavy (non-hydrogen) atoms. The molecule has 0 aliphatic carbocycles. The van der Waals surface area contributed by atoms with E-state index in [0.29, 0.717) is 25.7 Å². The average Bonchev–Trinajstić information content (AvgIpc) is 3.22. The summed E-state index contributed by atoms with van der Waals surface area (Å²) in [5.74, 6) is -0.576. The van der Waals surface area contributed by atoms with Gasteiger partial charge in [-0.05, 0) is 83.5 Å². The Morgan fingerprint density at radius 1 is 0.534 bits per heavy atom. The molecular weight excluding hydrogens is 719 g/mol. The molecule has 6 heteroatoms. The van der Waals surface area contributed by atoms with Crippen molar-refractivity contribution in [2.75, 3.05) is 6.61 Å². The van der Waals surface area contributed by atoms with Gasteiger partial charge in [-0.1, -0.05) is 195 Å². The predicted molar refractivity (Wildman–Crippen MR) is 250 cm³/mol. The number of rotatable bonds is 40. The van der Waals surface area contributed by atoms with Gasteiger partial charge in [0.25, 0.3) is 0 Å². The first-order valence-electron chi connectivity index (χ1n) is 23.5. The molecule has 0 heterocycles. The number of unbranched alkanes of at least 4 members (excludes halogenated alkanes) is 14. The van der Waals surface area contributed by atoms with E-state index < -0.39 is 18.2 Å². The normalized spacial score (nSPS) is 14.2. The highest BCUT2D eigenvalue weighted by Crippen LogP contribution is 2.16. The zero-order valence-corrected chi connectivity index (χ0v) is 37.4. The molecule has 0 bridgehead atoms. The van der Waals surface area contributed by atoms with Crippen LogP contribution in [0.2, 0.25) is 0 Å². The van der Waals surface area contributed by atoms with E-state index in [1.807, 2.05) is 0 Å². The lowest BCUT2D eigenvalue weighted by molar-refractivity contribution is -0.151. The summed E-state index contributed by atoms with van der Waals surface area (Å²) >= 11 is 0. The molecule has 0 rings (SSSR count). The Kier molecular flexibility index (Phi) is 42.4. The average molecular weight is 806 g/mol. The number of aliphatic hydroxyl groups is 2. The van der Waals surface area contributed by atoms with Crippen LogP contribution in [0.1, 0.15) is 194 Å². The fraction of sp³-hybridized carbons (Fsp3) is 0.654. The Balaban J connectivity index is 4.74. The number of amides is 1. The lowest BCUT2D eigenvalue weighted by Gasteiger charge is -2.24. The zero-order chi connectivity index (χ0) is 42.4. The van der Waals surface area contributed by atoms with Gasteiger partial charge in [0.2, 0.25) is 5.91 Å². The van der Waals surface area contributed by atoms with Gasteiger partial charge >= 0.3 is 5.97 Å². The number of ether oxygens (including phenoxy) is 1. The maximum Gasteiger partial charge on any atom is 0.306 e. The van der Waals surface area contributed by atoms with E-state index in [-0.39, 0.29) is 24.9 Å². The van der Waals surface area contributed by atoms with Crippen LogP contribution in [0.5, 0.6) is 0 Å². The summed E-state index contributed by atoms with van der Waals surface area (Å²) in [4.78, 5) is 26.0. The van der Waals surface area contributed by atoms with E-state index in [2.05, 4.69) is 123 Å². The number of aliphatic hydroxyl groups excluding tert-OH is 2. The van der Waals surface area contributed by atoms with Crippen molar-refractivity contribution in [2.45, 2.75) is 212 Å². The van der Waals surface area contributed by atoms with Crippen molar-refractivity contribution in [2.24, 2.45) is 0 Å². The SMILES string of the molecule is CC/C=C\C/C=C\C/C=C\C/C=C\C/C=C\CCCC(=O)OC(CCCCCCC/C=C/C=C/C=C/CC)CC(=O)NC(CO)C(O)CCCCCCCCCCC. The molecular formula is C52H87NO5. The summed E-state index contributed by atoms with van der Waals surface area (Å²) in [6.45, 7) is 6.18. The second-order valence-corrected chi connectivity index (χ2v) is 15.5. The molecule has 0 radical (unpaired) electrons. The van der Waals surface area contributed by atoms with Crippen molar-refractivity contribution in [1.29, 1.82) is 0 Å². The maximum atomic E-state index is 13.1. The van der Waals surface area contributed by atoms with Gasteiger partial charge in [-0.2, -0.15) is 0 Å². The Bertz CT molecular complexity index is 1180. The van der Waals surface area contributed by atoms with Gasteiger partial charge in [-0.3, -0.25) is 9.59 Å². The second kappa shape index (κ2) is 44.9. The van der Waals surface area contributed by atoms with E-state index in [1.165, 1.54) is 38.5 Å². The topological polar surface area (TPSA) is 95.9 Å². The third kappa shape index (κ3) is 39.6. The molecule has 0 aromatic carbocycles. The van der Waals surface area contributed by atoms with Gasteiger partial charge in [-0.15, -0.1) is 0 Å². The second-order valence-electron chi connectivity index (χ2n) is 15.5. The Labute approximate surface area is 356 Å². The lowest BCUT2D eigenvalue weighted by atomic mass is 10.0. The molecule has 0 saturated carbocycles. The molecule has 6 nitrogen and oxygen atoms in total. The van der Waals surface area contributed by atoms with E-state index in [0.717, 1.165) is 103 Å². The summed E-state index contributed by atoms with van der Waals surface area (Å²) in [5, 5.41) is 23.6. The van der Waals surface area contributed by atoms with Crippen LogP contribution in [-0.4, -0.2) is 46.9 Å². The van der Waals surface area contributed by atoms with Crippen LogP contribution < -0.4 is 5.32 Å². The first-order chi connectivity index (χ1) is 28.5. The van der Waals surface area contributed by atoms with Crippen LogP contribution in [0.4, 0.5) is 0 Å². The number of carbonyl (C=O) groups is 2. The van der Waals surface area contributed by atoms with E-state index in [1.54, 1.807) is 0 Å². The predicted octanol–water partition coefficient (Wildman–Crippen LogP) is 13.8. The third-order valence-electron chi connectivity index (χ3n) is 9.97. The van der Waals surface area contributed by atoms with Crippen LogP contribution >= 0.6 is 0 Å². The Hall–Kier alpha value is -3.22. The number of carbonyl (C=O) groups excluding carboxylic acids is 2. The highest BCUT2D eigenvalue weighted by molar-refractivity contribution is 5.77. The molecule has 0 saturated heterocycles. The van der Waals surface area contributed by atoms with Gasteiger partial charge in [0.15, 0.2) is 0 Å². The molecule has 1 amide bonds. The molecule has 3 unspecified atom stereocenters. The fourth-order valence-corrected chi connectivity index (χ4v) is 6.46. The molecule has 330 valence electrons. The number of esters is 1. The molecule has 3 N–H and O–H groups in total. The molecule has 0 spiro atoms. The van der Waals surface area contributed by atoms with Crippen molar-refractivity contribution < 1.29 is 24.5 Å². The van der Waals surface area contributed by atoms with Crippen molar-refractivity contribution in [3.05, 3.63) is 97.2 Å². The van der Waals surface area contributed by atoms with Crippen LogP contribution in [0.15, 0.2) is 97.2 Å². The number of nitrogens with one attached hydrogen (secondary N) is 1. The first-order valence-corrected chi connectivity index (χ1v) is 23.5. The molecule has 0 fully saturated rings. The minimum absolute atomic E-state index is 0.0352. The van der Waals surface area contributed by atoms with Crippen molar-refractivity contribution in [3.8, 4) is 0 Å². The highest BCUT2D eigenvalue weighted by atomic mass is 16.5. The minimum Gasteiger partial charge on any atom is -0.462 e. The summed E-state index contributed by atoms with van der Waals surface area (Å²) in [5.41, 5.74) is 0. The highest BCUT2D eigenvalue weighted by Gasteiger charge is 2.24. The van der Waals surface area contributed by atoms with E-state index >= 15 is 0 Å². The van der Waals surface area contributed by atoms with Crippen LogP contribution in [0, 0.1) is 0 Å². The van der Waals surface area contributed by atoms with Gasteiger partial charge in [0, 0.05) is 6.42 Å². The van der Waals surface area contributed by atoms with Crippen LogP contribution in [0.3, 0.4) is 0 Å². The molecule has 0 aliphatic heterocycles. The van der Waals surface area contributed by atoms with Gasteiger partial charge in [0.05, 0.1) is 25.2 Å². The minimum atomic E-state index is -0.806. The largest absolute Gasteiger partial charge is 0.462 e. The summed E-state index contributed by atoms with van der Waals surface area (Å²) in [7, 11) is 0. The van der Waals surface area contributed by atoms with Crippen molar-refractivity contribution >= 4 is 11.9 Å². The first kappa shape index (κ1) is 54.8. The van der Waals surface area contributed by atoms with Crippen LogP contribution in [0.25, 0.3) is 0 Å². The summed E-state index contributed by atoms with van der Waals surface area (Å²) < 4.78 is 5.87. The van der Waals surface area contributed by atoms with Crippen molar-refractivity contribution in [1.82, 2.24) is 5.32 Å². The standard InChI is InChI=1S/C52H87NO5/c1-4-7-10-13-16-19-21-23-24-25-26-28-30-33-36-39-42-45-52(57)58-48(43-40-37-34-32-29-27-22-20-17-14-11-8-5-2)46-51(56)53-49(47-54)50(55)44-41-38-35-31-18-15-12-9-6-3/h7-8,10-11,14,16-17,19-20,22-24,26,28,33,36,48-50,54-55H,4-6,9,12-13,15,18,21,25,27,29-32,34-35,37-47H2,1-3H3,(H,53,56)/b10-7-,11-8+,17-14+,19-16-,22-20+,24-23-,28-26-,36-33-. The monoisotopic (exact) mass is 806 g/mol. The van der Waals surface area contributed by atoms with E-state index in [4.69, 9.17) is 4.74 Å². The molecule has 0 aliphatic rings. The van der Waals surface area contributed by atoms with Crippen LogP contribution in [-0.2, 0) is 14.3 Å². The molecule has 3 atom stereocenters. The Morgan fingerprint density at radius 2 is 1.02 bits per heavy atom. The number of hydrogen-bond acceptors (Lipinski definition) is 5. The maximum absolute atomic E-state index is 13.1. The Morgan fingerprint density at radius 3 is 1.59 bits per heavy atom. The quantitative estimate of drug-likeness (QED) is 0.0248. The molecule has 0 aromatic heterocycles. The fourth-order valence-electron chi connectivity index (χ4n) is 6.46. The number of hydrogen-bond donors (Lipinski definition) is 3. The lowest BCUT2D eigenvalue weighted by Crippen LogP contribution is -2.46. The van der Waals surface area contributed by atoms with Crippen molar-refractivity contribution in [3.63, 3.8) is 0 Å². The summed E-state index contributed by atoms with van der Waals surface area (Å²) in [6.07, 6.45) is 59.0. The summed E-state index contributed by atoms with van der Waals surface area (Å²) in [6, 6.07) is -0.723. The van der Waals surface area contributed by atoms with Gasteiger partial charge in [-0.25, -0.2) is 0 Å². The van der Waals surface area contributed by atoms with Gasteiger partial charge < -0.3 is 20.3 Å². The molecule has 0 aromatic rings. The zero-order valence-electron chi connectivity index (χ0n) is 37.4.